The third kappa shape index (κ3) is 7.59. The van der Waals surface area contributed by atoms with Crippen LogP contribution in [0, 0.1) is 11.2 Å². The van der Waals surface area contributed by atoms with Crippen molar-refractivity contribution in [2.24, 2.45) is 5.41 Å². The number of benzene rings is 3. The zero-order valence-electron chi connectivity index (χ0n) is 25.0. The van der Waals surface area contributed by atoms with Crippen LogP contribution in [0.1, 0.15) is 27.1 Å². The average Bonchev–Trinajstić information content (AvgIpc) is 3.79. The Morgan fingerprint density at radius 3 is 2.34 bits per heavy atom. The first-order valence-corrected chi connectivity index (χ1v) is 13.7. The molecule has 1 aliphatic rings. The number of hydrogen-bond donors (Lipinski definition) is 3. The maximum Gasteiger partial charge on any atom is 1.00 e. The summed E-state index contributed by atoms with van der Waals surface area (Å²) in [5, 5.41) is 15.2. The van der Waals surface area contributed by atoms with Gasteiger partial charge in [0.2, 0.25) is 11.8 Å². The van der Waals surface area contributed by atoms with E-state index in [2.05, 4.69) is 15.6 Å². The third-order valence-corrected chi connectivity index (χ3v) is 7.13. The number of rotatable bonds is 12. The first-order chi connectivity index (χ1) is 20.7. The van der Waals surface area contributed by atoms with Crippen LogP contribution in [0.2, 0.25) is 5.02 Å². The number of nitrogens with one attached hydrogen (secondary N) is 2. The summed E-state index contributed by atoms with van der Waals surface area (Å²) in [5.74, 6) is -1.69. The summed E-state index contributed by atoms with van der Waals surface area (Å²) < 4.78 is 32.1. The third-order valence-electron chi connectivity index (χ3n) is 6.89. The molecule has 4 aromatic rings. The molecule has 3 aromatic carbocycles. The number of halogens is 2. The first kappa shape index (κ1) is 33.0. The summed E-state index contributed by atoms with van der Waals surface area (Å²) in [4.78, 5) is 41.0. The molecule has 13 heteroatoms. The molecule has 0 spiro atoms. The van der Waals surface area contributed by atoms with Crippen LogP contribution >= 0.6 is 11.6 Å². The van der Waals surface area contributed by atoms with Gasteiger partial charge in [0.25, 0.3) is 0 Å². The van der Waals surface area contributed by atoms with Crippen LogP contribution in [-0.2, 0) is 14.4 Å². The number of aromatic nitrogens is 1. The predicted molar refractivity (Wildman–Crippen MR) is 159 cm³/mol. The van der Waals surface area contributed by atoms with Crippen molar-refractivity contribution < 1.29 is 69.1 Å². The number of methoxy groups -OCH3 is 1. The SMILES string of the molecule is COc1cc2c(Oc3ccc(NC(=O)C4(C(=O)Nc5cccc(Cl)c5)CC4)cc3F)ccnc2cc1OCCCC(=O)O.[H-].[Na+]. The zero-order chi connectivity index (χ0) is 30.6. The molecule has 0 saturated heterocycles. The number of amides is 2. The van der Waals surface area contributed by atoms with E-state index in [0.29, 0.717) is 58.1 Å². The maximum absolute atomic E-state index is 15.2. The molecule has 5 rings (SSSR count). The van der Waals surface area contributed by atoms with E-state index < -0.39 is 29.0 Å². The minimum atomic E-state index is -1.25. The standard InChI is InChI=1S/C31H27ClFN3O7.Na.H/c1-41-26-16-21-23(17-27(26)42-13-3-6-28(37)38)34-12-9-24(21)43-25-8-7-20(15-22(25)33)36-30(40)31(10-11-31)29(39)35-19-5-2-4-18(32)14-19;;/h2,4-5,7-9,12,14-17H,3,6,10-11,13H2,1H3,(H,35,39)(H,36,40)(H,37,38);;/q;+1;-1. The molecule has 1 aromatic heterocycles. The molecule has 1 aliphatic carbocycles. The van der Waals surface area contributed by atoms with E-state index in [0.717, 1.165) is 6.07 Å². The normalized spacial score (nSPS) is 12.9. The van der Waals surface area contributed by atoms with Gasteiger partial charge in [-0.3, -0.25) is 19.4 Å². The Bertz CT molecular complexity index is 1720. The number of carboxylic acid groups (broad SMARTS) is 1. The van der Waals surface area contributed by atoms with E-state index in [9.17, 15) is 14.4 Å². The van der Waals surface area contributed by atoms with Gasteiger partial charge in [-0.05, 0) is 61.7 Å². The van der Waals surface area contributed by atoms with Gasteiger partial charge in [0.15, 0.2) is 23.1 Å². The van der Waals surface area contributed by atoms with Gasteiger partial charge >= 0.3 is 35.5 Å². The molecule has 0 atom stereocenters. The van der Waals surface area contributed by atoms with Gasteiger partial charge in [-0.15, -0.1) is 0 Å². The number of carbonyl (C=O) groups excluding carboxylic acids is 2. The van der Waals surface area contributed by atoms with Gasteiger partial charge in [-0.2, -0.15) is 0 Å². The molecule has 224 valence electrons. The van der Waals surface area contributed by atoms with Crippen LogP contribution < -0.4 is 54.4 Å². The Balaban J connectivity index is 0.00000276. The molecule has 2 amide bonds. The maximum atomic E-state index is 15.2. The molecule has 1 heterocycles. The molecule has 10 nitrogen and oxygen atoms in total. The smallest absolute Gasteiger partial charge is 1.00 e. The summed E-state index contributed by atoms with van der Waals surface area (Å²) in [6.07, 6.45) is 2.51. The summed E-state index contributed by atoms with van der Waals surface area (Å²) in [6, 6.07) is 15.4. The van der Waals surface area contributed by atoms with Gasteiger partial charge in [-0.1, -0.05) is 17.7 Å². The Morgan fingerprint density at radius 2 is 1.70 bits per heavy atom. The van der Waals surface area contributed by atoms with Gasteiger partial charge < -0.3 is 31.4 Å². The van der Waals surface area contributed by atoms with Gasteiger partial charge in [-0.25, -0.2) is 4.39 Å². The fraction of sp³-hybridized carbons (Fsp3) is 0.226. The molecule has 1 fully saturated rings. The second-order valence-electron chi connectivity index (χ2n) is 9.92. The number of fused-ring (bicyclic) bond motifs is 1. The summed E-state index contributed by atoms with van der Waals surface area (Å²) in [5.41, 5.74) is -0.115. The molecule has 3 N–H and O–H groups in total. The molecular weight excluding hydrogens is 604 g/mol. The zero-order valence-corrected chi connectivity index (χ0v) is 26.7. The number of ether oxygens (including phenoxy) is 3. The Hall–Kier alpha value is -3.90. The van der Waals surface area contributed by atoms with E-state index in [4.69, 9.17) is 30.9 Å². The number of anilines is 2. The molecular formula is C31H28ClFN3NaO7. The van der Waals surface area contributed by atoms with Crippen LogP contribution in [0.15, 0.2) is 66.9 Å². The van der Waals surface area contributed by atoms with Gasteiger partial charge in [0.05, 0.1) is 19.2 Å². The fourth-order valence-electron chi connectivity index (χ4n) is 4.43. The Kier molecular flexibility index (Phi) is 10.7. The quantitative estimate of drug-likeness (QED) is 0.123. The monoisotopic (exact) mass is 631 g/mol. The van der Waals surface area contributed by atoms with Crippen molar-refractivity contribution in [2.45, 2.75) is 25.7 Å². The molecule has 1 saturated carbocycles. The Morgan fingerprint density at radius 1 is 0.977 bits per heavy atom. The van der Waals surface area contributed by atoms with E-state index in [1.165, 1.54) is 25.4 Å². The average molecular weight is 632 g/mol. The predicted octanol–water partition coefficient (Wildman–Crippen LogP) is 3.55. The number of pyridine rings is 1. The molecule has 0 aliphatic heterocycles. The van der Waals surface area contributed by atoms with Crippen LogP contribution in [-0.4, -0.2) is 41.6 Å². The summed E-state index contributed by atoms with van der Waals surface area (Å²) >= 11 is 5.98. The number of hydrogen-bond acceptors (Lipinski definition) is 7. The molecule has 0 unspecified atom stereocenters. The topological polar surface area (TPSA) is 136 Å². The van der Waals surface area contributed by atoms with Crippen LogP contribution in [0.25, 0.3) is 10.9 Å². The van der Waals surface area contributed by atoms with Gasteiger partial charge in [0.1, 0.15) is 11.2 Å². The first-order valence-electron chi connectivity index (χ1n) is 13.4. The molecule has 0 bridgehead atoms. The summed E-state index contributed by atoms with van der Waals surface area (Å²) in [6.45, 7) is 0.173. The number of aliphatic carboxylic acids is 1. The van der Waals surface area contributed by atoms with Crippen LogP contribution in [0.4, 0.5) is 15.8 Å². The van der Waals surface area contributed by atoms with E-state index >= 15 is 4.39 Å². The largest absolute Gasteiger partial charge is 1.00 e. The van der Waals surface area contributed by atoms with Crippen molar-refractivity contribution in [3.8, 4) is 23.0 Å². The van der Waals surface area contributed by atoms with Crippen molar-refractivity contribution in [1.82, 2.24) is 4.98 Å². The van der Waals surface area contributed by atoms with Crippen molar-refractivity contribution in [2.75, 3.05) is 24.4 Å². The second kappa shape index (κ2) is 14.3. The van der Waals surface area contributed by atoms with Crippen molar-refractivity contribution in [1.29, 1.82) is 0 Å². The van der Waals surface area contributed by atoms with E-state index in [-0.39, 0.29) is 55.4 Å². The minimum Gasteiger partial charge on any atom is -1.00 e. The number of carboxylic acids is 1. The van der Waals surface area contributed by atoms with E-state index in [1.807, 2.05) is 0 Å². The summed E-state index contributed by atoms with van der Waals surface area (Å²) in [7, 11) is 1.46. The second-order valence-corrected chi connectivity index (χ2v) is 10.4. The molecule has 0 radical (unpaired) electrons. The van der Waals surface area contributed by atoms with Crippen LogP contribution in [0.5, 0.6) is 23.0 Å². The number of carbonyl (C=O) groups is 3. The van der Waals surface area contributed by atoms with Crippen molar-refractivity contribution in [3.63, 3.8) is 0 Å². The number of nitrogens with zero attached hydrogens (tertiary/aromatic N) is 1. The molecule has 44 heavy (non-hydrogen) atoms. The minimum absolute atomic E-state index is 0. The van der Waals surface area contributed by atoms with Crippen molar-refractivity contribution >= 4 is 51.7 Å². The van der Waals surface area contributed by atoms with Crippen molar-refractivity contribution in [3.05, 3.63) is 77.7 Å². The van der Waals surface area contributed by atoms with E-state index in [1.54, 1.807) is 42.5 Å². The van der Waals surface area contributed by atoms with Crippen LogP contribution in [0.3, 0.4) is 0 Å². The Labute approximate surface area is 280 Å². The fourth-order valence-corrected chi connectivity index (χ4v) is 4.62. The van der Waals surface area contributed by atoms with Gasteiger partial charge in [0, 0.05) is 46.5 Å².